The van der Waals surface area contributed by atoms with E-state index in [1.54, 1.807) is 6.20 Å². The summed E-state index contributed by atoms with van der Waals surface area (Å²) in [6.45, 7) is 0. The van der Waals surface area contributed by atoms with Gasteiger partial charge in [0, 0.05) is 23.3 Å². The van der Waals surface area contributed by atoms with Crippen molar-refractivity contribution in [1.29, 1.82) is 0 Å². The van der Waals surface area contributed by atoms with E-state index in [0.29, 0.717) is 11.6 Å². The fraction of sp³-hybridized carbons (Fsp3) is 0.182. The molecule has 0 aromatic carbocycles. The molecule has 0 bridgehead atoms. The van der Waals surface area contributed by atoms with Crippen LogP contribution in [0.15, 0.2) is 24.4 Å². The lowest BCUT2D eigenvalue weighted by Crippen LogP contribution is -2.03. The molecule has 3 heterocycles. The first-order valence-corrected chi connectivity index (χ1v) is 6.14. The molecular weight excluding hydrogens is 220 g/mol. The van der Waals surface area contributed by atoms with Crippen molar-refractivity contribution in [3.63, 3.8) is 0 Å². The van der Waals surface area contributed by atoms with E-state index in [4.69, 9.17) is 5.73 Å². The molecule has 0 amide bonds. The Morgan fingerprint density at radius 2 is 2.12 bits per heavy atom. The Balaban J connectivity index is 2.13. The number of nitrogens with two attached hydrogens (primary N) is 1. The number of aromatic nitrogens is 3. The van der Waals surface area contributed by atoms with E-state index in [1.165, 1.54) is 0 Å². The summed E-state index contributed by atoms with van der Waals surface area (Å²) in [5.74, 6) is 3.06. The number of nitrogens with zero attached hydrogens (tertiary/aromatic N) is 3. The molecule has 0 saturated heterocycles. The number of thioether (sulfide) groups is 1. The molecule has 5 heteroatoms. The second-order valence-corrected chi connectivity index (χ2v) is 4.55. The van der Waals surface area contributed by atoms with Crippen LogP contribution in [0.4, 0.5) is 5.82 Å². The first-order valence-electron chi connectivity index (χ1n) is 4.99. The molecule has 0 unspecified atom stereocenters. The Hall–Kier alpha value is -1.62. The summed E-state index contributed by atoms with van der Waals surface area (Å²) in [4.78, 5) is 13.0. The number of nitrogen functional groups attached to an aromatic ring is 1. The van der Waals surface area contributed by atoms with Crippen LogP contribution in [0.25, 0.3) is 11.5 Å². The minimum atomic E-state index is 0.593. The highest BCUT2D eigenvalue weighted by molar-refractivity contribution is 7.98. The lowest BCUT2D eigenvalue weighted by molar-refractivity contribution is 1.07. The molecule has 0 radical (unpaired) electrons. The fourth-order valence-electron chi connectivity index (χ4n) is 1.69. The van der Waals surface area contributed by atoms with Crippen LogP contribution in [0.2, 0.25) is 0 Å². The van der Waals surface area contributed by atoms with Crippen molar-refractivity contribution in [3.8, 4) is 11.5 Å². The summed E-state index contributed by atoms with van der Waals surface area (Å²) in [7, 11) is 0. The van der Waals surface area contributed by atoms with Crippen molar-refractivity contribution in [3.05, 3.63) is 35.7 Å². The van der Waals surface area contributed by atoms with Crippen molar-refractivity contribution >= 4 is 17.6 Å². The van der Waals surface area contributed by atoms with Crippen LogP contribution in [0, 0.1) is 0 Å². The van der Waals surface area contributed by atoms with E-state index in [0.717, 1.165) is 28.5 Å². The summed E-state index contributed by atoms with van der Waals surface area (Å²) in [5, 5.41) is 0. The van der Waals surface area contributed by atoms with Gasteiger partial charge in [-0.3, -0.25) is 4.98 Å². The Morgan fingerprint density at radius 1 is 1.19 bits per heavy atom. The van der Waals surface area contributed by atoms with E-state index in [1.807, 2.05) is 30.0 Å². The summed E-state index contributed by atoms with van der Waals surface area (Å²) in [6.07, 6.45) is 1.73. The van der Waals surface area contributed by atoms with E-state index in [-0.39, 0.29) is 0 Å². The first-order chi connectivity index (χ1) is 7.84. The summed E-state index contributed by atoms with van der Waals surface area (Å²) in [6, 6.07) is 5.68. The molecule has 0 atom stereocenters. The van der Waals surface area contributed by atoms with E-state index >= 15 is 0 Å². The number of hydrogen-bond acceptors (Lipinski definition) is 5. The van der Waals surface area contributed by atoms with Gasteiger partial charge in [0.1, 0.15) is 11.5 Å². The molecule has 0 aliphatic carbocycles. The molecule has 2 aromatic heterocycles. The van der Waals surface area contributed by atoms with Gasteiger partial charge in [0.25, 0.3) is 0 Å². The highest BCUT2D eigenvalue weighted by atomic mass is 32.2. The smallest absolute Gasteiger partial charge is 0.180 e. The Kier molecular flexibility index (Phi) is 2.25. The maximum absolute atomic E-state index is 5.92. The van der Waals surface area contributed by atoms with Gasteiger partial charge in [0.2, 0.25) is 0 Å². The number of pyridine rings is 1. The molecule has 2 N–H and O–H groups in total. The Labute approximate surface area is 97.3 Å². The topological polar surface area (TPSA) is 64.7 Å². The monoisotopic (exact) mass is 230 g/mol. The van der Waals surface area contributed by atoms with Crippen LogP contribution >= 0.6 is 11.8 Å². The maximum Gasteiger partial charge on any atom is 0.180 e. The Morgan fingerprint density at radius 3 is 2.94 bits per heavy atom. The minimum Gasteiger partial charge on any atom is -0.383 e. The summed E-state index contributed by atoms with van der Waals surface area (Å²) in [5.41, 5.74) is 8.83. The van der Waals surface area contributed by atoms with Crippen molar-refractivity contribution in [1.82, 2.24) is 15.0 Å². The number of anilines is 1. The van der Waals surface area contributed by atoms with Gasteiger partial charge < -0.3 is 5.73 Å². The molecule has 1 aliphatic rings. The SMILES string of the molecule is Nc1nc(-c2ccccn2)nc2c1CSC2. The lowest BCUT2D eigenvalue weighted by atomic mass is 10.2. The zero-order valence-electron chi connectivity index (χ0n) is 8.55. The molecular formula is C11H10N4S. The van der Waals surface area contributed by atoms with Crippen LogP contribution in [0.1, 0.15) is 11.3 Å². The van der Waals surface area contributed by atoms with E-state index in [9.17, 15) is 0 Å². The quantitative estimate of drug-likeness (QED) is 0.810. The third-order valence-electron chi connectivity index (χ3n) is 2.50. The van der Waals surface area contributed by atoms with E-state index < -0.39 is 0 Å². The molecule has 1 aliphatic heterocycles. The molecule has 4 nitrogen and oxygen atoms in total. The lowest BCUT2D eigenvalue weighted by Gasteiger charge is -2.05. The molecule has 3 rings (SSSR count). The zero-order valence-corrected chi connectivity index (χ0v) is 9.37. The second-order valence-electron chi connectivity index (χ2n) is 3.57. The van der Waals surface area contributed by atoms with Gasteiger partial charge >= 0.3 is 0 Å². The van der Waals surface area contributed by atoms with Crippen molar-refractivity contribution < 1.29 is 0 Å². The third kappa shape index (κ3) is 1.53. The number of hydrogen-bond donors (Lipinski definition) is 1. The van der Waals surface area contributed by atoms with Crippen LogP contribution in [-0.2, 0) is 11.5 Å². The predicted octanol–water partition coefficient (Wildman–Crippen LogP) is 1.87. The summed E-state index contributed by atoms with van der Waals surface area (Å²) >= 11 is 1.82. The normalized spacial score (nSPS) is 13.8. The Bertz CT molecular complexity index is 527. The van der Waals surface area contributed by atoms with Crippen LogP contribution in [-0.4, -0.2) is 15.0 Å². The number of fused-ring (bicyclic) bond motifs is 1. The molecule has 80 valence electrons. The maximum atomic E-state index is 5.92. The highest BCUT2D eigenvalue weighted by Gasteiger charge is 2.18. The average molecular weight is 230 g/mol. The van der Waals surface area contributed by atoms with Crippen molar-refractivity contribution in [2.24, 2.45) is 0 Å². The molecule has 2 aromatic rings. The van der Waals surface area contributed by atoms with Gasteiger partial charge in [-0.05, 0) is 12.1 Å². The van der Waals surface area contributed by atoms with Gasteiger partial charge in [-0.1, -0.05) is 6.07 Å². The van der Waals surface area contributed by atoms with Crippen LogP contribution in [0.5, 0.6) is 0 Å². The molecule has 16 heavy (non-hydrogen) atoms. The van der Waals surface area contributed by atoms with Gasteiger partial charge in [-0.2, -0.15) is 11.8 Å². The van der Waals surface area contributed by atoms with Gasteiger partial charge in [0.05, 0.1) is 5.69 Å². The first kappa shape index (κ1) is 9.59. The van der Waals surface area contributed by atoms with Crippen LogP contribution in [0.3, 0.4) is 0 Å². The zero-order chi connectivity index (χ0) is 11.0. The fourth-order valence-corrected chi connectivity index (χ4v) is 2.74. The third-order valence-corrected chi connectivity index (χ3v) is 3.47. The summed E-state index contributed by atoms with van der Waals surface area (Å²) < 4.78 is 0. The molecule has 0 saturated carbocycles. The minimum absolute atomic E-state index is 0.593. The highest BCUT2D eigenvalue weighted by Crippen LogP contribution is 2.32. The molecule has 0 spiro atoms. The van der Waals surface area contributed by atoms with Gasteiger partial charge in [0.15, 0.2) is 5.82 Å². The number of rotatable bonds is 1. The molecule has 0 fully saturated rings. The largest absolute Gasteiger partial charge is 0.383 e. The predicted molar refractivity (Wildman–Crippen MR) is 64.7 cm³/mol. The van der Waals surface area contributed by atoms with Crippen molar-refractivity contribution in [2.75, 3.05) is 5.73 Å². The standard InChI is InChI=1S/C11H10N4S/c12-10-7-5-16-6-9(7)14-11(15-10)8-3-1-2-4-13-8/h1-4H,5-6H2,(H2,12,14,15). The van der Waals surface area contributed by atoms with E-state index in [2.05, 4.69) is 15.0 Å². The van der Waals surface area contributed by atoms with Crippen LogP contribution < -0.4 is 5.73 Å². The van der Waals surface area contributed by atoms with Crippen molar-refractivity contribution in [2.45, 2.75) is 11.5 Å². The average Bonchev–Trinajstić information content (AvgIpc) is 2.79. The van der Waals surface area contributed by atoms with Gasteiger partial charge in [-0.25, -0.2) is 9.97 Å². The second kappa shape index (κ2) is 3.75. The van der Waals surface area contributed by atoms with Gasteiger partial charge in [-0.15, -0.1) is 0 Å².